The Morgan fingerprint density at radius 3 is 2.17 bits per heavy atom. The number of hydrogen-bond donors (Lipinski definition) is 0. The summed E-state index contributed by atoms with van der Waals surface area (Å²) in [5.41, 5.74) is 14.7. The van der Waals surface area contributed by atoms with Crippen LogP contribution in [0.2, 0.25) is 0 Å². The SMILES string of the molecule is C=CC1=C(C=C)C(C)(C)c2cc(CN=Cn3c(C(=C)C)c(CCCc4ccccc4C)c4ccccc43)ccc21.C=NC(=NC)c1ccccc1.CC. The number of allylic oxidation sites excluding steroid dienone is 5. The van der Waals surface area contributed by atoms with Crippen LogP contribution in [0, 0.1) is 6.92 Å². The average molecular weight is 701 g/mol. The number of aryl methyl sites for hydroxylation is 3. The highest BCUT2D eigenvalue weighted by molar-refractivity contribution is 6.01. The summed E-state index contributed by atoms with van der Waals surface area (Å²) in [6, 6.07) is 33.8. The summed E-state index contributed by atoms with van der Waals surface area (Å²) in [5.74, 6) is 0.686. The minimum atomic E-state index is -0.0999. The zero-order chi connectivity index (χ0) is 38.5. The summed E-state index contributed by atoms with van der Waals surface area (Å²) >= 11 is 0. The van der Waals surface area contributed by atoms with Gasteiger partial charge in [-0.05, 0) is 96.0 Å². The van der Waals surface area contributed by atoms with Gasteiger partial charge in [0.05, 0.1) is 24.1 Å². The Hall–Kier alpha value is -5.61. The molecule has 0 fully saturated rings. The molecule has 0 unspecified atom stereocenters. The maximum absolute atomic E-state index is 4.95. The largest absolute Gasteiger partial charge is 0.300 e. The average Bonchev–Trinajstić information content (AvgIpc) is 3.61. The van der Waals surface area contributed by atoms with Crippen LogP contribution >= 0.6 is 0 Å². The van der Waals surface area contributed by atoms with Gasteiger partial charge in [-0.25, -0.2) is 4.99 Å². The minimum absolute atomic E-state index is 0.0999. The van der Waals surface area contributed by atoms with E-state index in [1.807, 2.05) is 62.7 Å². The van der Waals surface area contributed by atoms with Crippen molar-refractivity contribution < 1.29 is 0 Å². The predicted octanol–water partition coefficient (Wildman–Crippen LogP) is 12.4. The van der Waals surface area contributed by atoms with Crippen LogP contribution in [0.3, 0.4) is 0 Å². The van der Waals surface area contributed by atoms with Gasteiger partial charge in [-0.3, -0.25) is 9.98 Å². The number of hydrogen-bond acceptors (Lipinski definition) is 2. The third-order valence-electron chi connectivity index (χ3n) is 9.84. The Bertz CT molecular complexity index is 2170. The fourth-order valence-corrected chi connectivity index (χ4v) is 7.27. The van der Waals surface area contributed by atoms with Gasteiger partial charge in [0.25, 0.3) is 0 Å². The van der Waals surface area contributed by atoms with Crippen LogP contribution in [-0.2, 0) is 24.8 Å². The van der Waals surface area contributed by atoms with Gasteiger partial charge in [-0.1, -0.05) is 151 Å². The number of aromatic nitrogens is 1. The predicted molar refractivity (Wildman–Crippen MR) is 234 cm³/mol. The standard InChI is InChI=1S/C38H40N2.C9H10N2.C2H6/c1-8-30-31-22-21-28(23-35(31)38(6,7)34(30)9-2)24-39-25-40-36-20-13-12-18-32(36)33(37(40)26(3)4)19-14-17-29-16-11-10-15-27(29)5;1-10-9(11-2)8-6-4-3-5-7-8;1-2/h8-13,15-16,18,20-23,25H,1-3,14,17,19,24H2,4-7H3;3-7H,1H2,2H3;1-2H3. The molecule has 0 saturated heterocycles. The Kier molecular flexibility index (Phi) is 14.2. The van der Waals surface area contributed by atoms with Crippen LogP contribution < -0.4 is 0 Å². The molecule has 1 aliphatic rings. The van der Waals surface area contributed by atoms with Crippen molar-refractivity contribution in [2.75, 3.05) is 7.05 Å². The first kappa shape index (κ1) is 40.2. The highest BCUT2D eigenvalue weighted by Gasteiger charge is 2.35. The quantitative estimate of drug-likeness (QED) is 0.0972. The molecule has 1 aliphatic carbocycles. The normalized spacial score (nSPS) is 13.2. The molecule has 0 amide bonds. The lowest BCUT2D eigenvalue weighted by atomic mass is 9.80. The molecule has 0 radical (unpaired) electrons. The molecule has 0 bridgehead atoms. The van der Waals surface area contributed by atoms with Crippen LogP contribution in [0.4, 0.5) is 0 Å². The number of amidine groups is 1. The molecule has 0 saturated carbocycles. The maximum Gasteiger partial charge on any atom is 0.153 e. The van der Waals surface area contributed by atoms with Crippen LogP contribution in [-0.4, -0.2) is 30.5 Å². The molecule has 53 heavy (non-hydrogen) atoms. The molecule has 0 atom stereocenters. The molecule has 0 N–H and O–H groups in total. The van der Waals surface area contributed by atoms with Crippen LogP contribution in [0.25, 0.3) is 22.0 Å². The number of para-hydroxylation sites is 1. The van der Waals surface area contributed by atoms with E-state index in [9.17, 15) is 0 Å². The van der Waals surface area contributed by atoms with Gasteiger partial charge < -0.3 is 4.57 Å². The second kappa shape index (κ2) is 18.8. The van der Waals surface area contributed by atoms with Crippen molar-refractivity contribution >= 4 is 40.9 Å². The van der Waals surface area contributed by atoms with E-state index in [0.717, 1.165) is 30.4 Å². The molecular formula is C49H56N4. The van der Waals surface area contributed by atoms with Crippen molar-refractivity contribution in [3.63, 3.8) is 0 Å². The van der Waals surface area contributed by atoms with E-state index in [0.29, 0.717) is 12.4 Å². The second-order valence-electron chi connectivity index (χ2n) is 13.5. The van der Waals surface area contributed by atoms with Crippen molar-refractivity contribution in [2.45, 2.75) is 72.8 Å². The summed E-state index contributed by atoms with van der Waals surface area (Å²) in [6.45, 7) is 29.4. The van der Waals surface area contributed by atoms with Crippen LogP contribution in [0.15, 0.2) is 150 Å². The lowest BCUT2D eigenvalue weighted by Crippen LogP contribution is -2.16. The molecule has 6 rings (SSSR count). The zero-order valence-electron chi connectivity index (χ0n) is 32.9. The van der Waals surface area contributed by atoms with Gasteiger partial charge in [-0.15, -0.1) is 0 Å². The van der Waals surface area contributed by atoms with E-state index in [-0.39, 0.29) is 5.41 Å². The molecule has 4 heteroatoms. The molecular weight excluding hydrogens is 645 g/mol. The Balaban J connectivity index is 0.000000411. The number of rotatable bonds is 11. The van der Waals surface area contributed by atoms with Gasteiger partial charge >= 0.3 is 0 Å². The first-order chi connectivity index (χ1) is 25.7. The van der Waals surface area contributed by atoms with Crippen molar-refractivity contribution in [3.8, 4) is 0 Å². The van der Waals surface area contributed by atoms with Gasteiger partial charge in [0.15, 0.2) is 5.84 Å². The molecule has 1 heterocycles. The van der Waals surface area contributed by atoms with Gasteiger partial charge in [0.2, 0.25) is 0 Å². The van der Waals surface area contributed by atoms with E-state index in [1.54, 1.807) is 7.05 Å². The lowest BCUT2D eigenvalue weighted by Gasteiger charge is -2.23. The Morgan fingerprint density at radius 2 is 1.53 bits per heavy atom. The first-order valence-corrected chi connectivity index (χ1v) is 18.6. The molecule has 272 valence electrons. The monoisotopic (exact) mass is 700 g/mol. The summed E-state index contributed by atoms with van der Waals surface area (Å²) in [6.07, 6.45) is 9.09. The molecule has 4 nitrogen and oxygen atoms in total. The fourth-order valence-electron chi connectivity index (χ4n) is 7.27. The Labute approximate surface area is 318 Å². The molecule has 0 spiro atoms. The number of aliphatic imine (C=N–C) groups is 3. The van der Waals surface area contributed by atoms with Crippen molar-refractivity contribution in [1.82, 2.24) is 4.57 Å². The summed E-state index contributed by atoms with van der Waals surface area (Å²) < 4.78 is 2.24. The smallest absolute Gasteiger partial charge is 0.153 e. The van der Waals surface area contributed by atoms with E-state index < -0.39 is 0 Å². The van der Waals surface area contributed by atoms with E-state index in [1.165, 1.54) is 61.1 Å². The Morgan fingerprint density at radius 1 is 0.849 bits per heavy atom. The van der Waals surface area contributed by atoms with E-state index in [4.69, 9.17) is 4.99 Å². The number of benzene rings is 4. The summed E-state index contributed by atoms with van der Waals surface area (Å²) in [4.78, 5) is 12.7. The van der Waals surface area contributed by atoms with E-state index in [2.05, 4.69) is 135 Å². The molecule has 4 aromatic carbocycles. The molecule has 0 aliphatic heterocycles. The van der Waals surface area contributed by atoms with Crippen LogP contribution in [0.5, 0.6) is 0 Å². The van der Waals surface area contributed by atoms with E-state index >= 15 is 0 Å². The van der Waals surface area contributed by atoms with Crippen molar-refractivity contribution in [3.05, 3.63) is 179 Å². The summed E-state index contributed by atoms with van der Waals surface area (Å²) in [7, 11) is 1.71. The third-order valence-corrected chi connectivity index (χ3v) is 9.84. The molecule has 5 aromatic rings. The second-order valence-corrected chi connectivity index (χ2v) is 13.5. The topological polar surface area (TPSA) is 42.0 Å². The fraction of sp³-hybridized carbons (Fsp3) is 0.245. The summed E-state index contributed by atoms with van der Waals surface area (Å²) in [5, 5.41) is 1.29. The highest BCUT2D eigenvalue weighted by Crippen LogP contribution is 2.47. The van der Waals surface area contributed by atoms with Gasteiger partial charge in [0, 0.05) is 23.4 Å². The third kappa shape index (κ3) is 8.89. The molecule has 1 aromatic heterocycles. The number of nitrogens with zero attached hydrogens (tertiary/aromatic N) is 4. The van der Waals surface area contributed by atoms with Crippen LogP contribution in [0.1, 0.15) is 85.7 Å². The number of fused-ring (bicyclic) bond motifs is 2. The zero-order valence-corrected chi connectivity index (χ0v) is 32.9. The van der Waals surface area contributed by atoms with Crippen molar-refractivity contribution in [1.29, 1.82) is 0 Å². The van der Waals surface area contributed by atoms with Gasteiger partial charge in [-0.2, -0.15) is 0 Å². The first-order valence-electron chi connectivity index (χ1n) is 18.6. The van der Waals surface area contributed by atoms with Gasteiger partial charge in [0.1, 0.15) is 0 Å². The highest BCUT2D eigenvalue weighted by atomic mass is 15.0. The minimum Gasteiger partial charge on any atom is -0.300 e. The van der Waals surface area contributed by atoms with Crippen molar-refractivity contribution in [2.24, 2.45) is 15.0 Å². The lowest BCUT2D eigenvalue weighted by molar-refractivity contribution is 0.653. The maximum atomic E-state index is 4.95.